The van der Waals surface area contributed by atoms with Crippen molar-refractivity contribution < 1.29 is 9.09 Å². The lowest BCUT2D eigenvalue weighted by Gasteiger charge is -1.93. The van der Waals surface area contributed by atoms with Crippen LogP contribution in [0, 0.1) is 6.92 Å². The first-order chi connectivity index (χ1) is 6.79. The van der Waals surface area contributed by atoms with E-state index in [0.29, 0.717) is 0 Å². The summed E-state index contributed by atoms with van der Waals surface area (Å²) in [4.78, 5) is 0. The van der Waals surface area contributed by atoms with Crippen molar-refractivity contribution in [3.8, 4) is 11.3 Å². The fourth-order valence-corrected chi connectivity index (χ4v) is 1.33. The number of nitrogens with zero attached hydrogens (tertiary/aromatic N) is 2. The summed E-state index contributed by atoms with van der Waals surface area (Å²) >= 11 is 0. The van der Waals surface area contributed by atoms with Gasteiger partial charge < -0.3 is 4.52 Å². The smallest absolute Gasteiger partial charge is 0.169 e. The lowest BCUT2D eigenvalue weighted by molar-refractivity contribution is -0.693. The van der Waals surface area contributed by atoms with E-state index in [-0.39, 0.29) is 0 Å². The van der Waals surface area contributed by atoms with Crippen LogP contribution in [0.1, 0.15) is 12.6 Å². The van der Waals surface area contributed by atoms with Gasteiger partial charge in [-0.1, -0.05) is 5.16 Å². The Bertz CT molecular complexity index is 417. The predicted octanol–water partition coefficient (Wildman–Crippen LogP) is 1.96. The van der Waals surface area contributed by atoms with E-state index in [0.717, 1.165) is 23.6 Å². The van der Waals surface area contributed by atoms with E-state index < -0.39 is 0 Å². The molecule has 0 aliphatic carbocycles. The van der Waals surface area contributed by atoms with Gasteiger partial charge in [0.05, 0.1) is 5.69 Å². The summed E-state index contributed by atoms with van der Waals surface area (Å²) in [6.07, 6.45) is 4.07. The van der Waals surface area contributed by atoms with Crippen molar-refractivity contribution in [1.82, 2.24) is 5.16 Å². The molecule has 0 atom stereocenters. The van der Waals surface area contributed by atoms with Crippen LogP contribution in [-0.4, -0.2) is 5.16 Å². The number of aryl methyl sites for hydroxylation is 2. The molecule has 0 unspecified atom stereocenters. The Morgan fingerprint density at radius 1 is 1.36 bits per heavy atom. The Balaban J connectivity index is 2.33. The van der Waals surface area contributed by atoms with Crippen molar-refractivity contribution in [2.75, 3.05) is 0 Å². The molecule has 72 valence electrons. The first-order valence-electron chi connectivity index (χ1n) is 4.72. The fourth-order valence-electron chi connectivity index (χ4n) is 1.33. The van der Waals surface area contributed by atoms with E-state index in [4.69, 9.17) is 4.52 Å². The molecule has 2 rings (SSSR count). The van der Waals surface area contributed by atoms with E-state index in [2.05, 4.69) is 16.6 Å². The van der Waals surface area contributed by atoms with E-state index in [1.807, 2.05) is 37.5 Å². The second kappa shape index (κ2) is 3.62. The van der Waals surface area contributed by atoms with Crippen molar-refractivity contribution >= 4 is 0 Å². The summed E-state index contributed by atoms with van der Waals surface area (Å²) in [5.41, 5.74) is 1.97. The Hall–Kier alpha value is -1.64. The molecule has 0 saturated carbocycles. The summed E-state index contributed by atoms with van der Waals surface area (Å²) in [7, 11) is 0. The second-order valence-corrected chi connectivity index (χ2v) is 3.25. The normalized spacial score (nSPS) is 10.4. The molecule has 14 heavy (non-hydrogen) atoms. The van der Waals surface area contributed by atoms with Gasteiger partial charge in [-0.15, -0.1) is 0 Å². The average Bonchev–Trinajstić information content (AvgIpc) is 2.65. The molecule has 0 aliphatic heterocycles. The first kappa shape index (κ1) is 8.94. The number of aromatic nitrogens is 2. The zero-order valence-corrected chi connectivity index (χ0v) is 8.40. The van der Waals surface area contributed by atoms with E-state index >= 15 is 0 Å². The highest BCUT2D eigenvalue weighted by Gasteiger charge is 2.05. The zero-order chi connectivity index (χ0) is 9.97. The van der Waals surface area contributed by atoms with Crippen molar-refractivity contribution in [3.05, 3.63) is 36.3 Å². The first-order valence-corrected chi connectivity index (χ1v) is 4.72. The SMILES string of the molecule is CC[n+]1ccc(-c2cc(C)no2)cc1. The fraction of sp³-hybridized carbons (Fsp3) is 0.273. The third-order valence-electron chi connectivity index (χ3n) is 2.17. The lowest BCUT2D eigenvalue weighted by atomic mass is 10.2. The molecule has 2 heterocycles. The third kappa shape index (κ3) is 1.66. The van der Waals surface area contributed by atoms with Crippen molar-refractivity contribution in [1.29, 1.82) is 0 Å². The summed E-state index contributed by atoms with van der Waals surface area (Å²) in [6, 6.07) is 6.00. The molecular weight excluding hydrogens is 176 g/mol. The highest BCUT2D eigenvalue weighted by molar-refractivity contribution is 5.55. The van der Waals surface area contributed by atoms with Crippen LogP contribution in [0.5, 0.6) is 0 Å². The van der Waals surface area contributed by atoms with Gasteiger partial charge in [0.2, 0.25) is 0 Å². The van der Waals surface area contributed by atoms with E-state index in [1.165, 1.54) is 0 Å². The van der Waals surface area contributed by atoms with Crippen LogP contribution >= 0.6 is 0 Å². The molecule has 2 aromatic rings. The van der Waals surface area contributed by atoms with Crippen molar-refractivity contribution in [2.24, 2.45) is 0 Å². The van der Waals surface area contributed by atoms with E-state index in [9.17, 15) is 0 Å². The van der Waals surface area contributed by atoms with Crippen LogP contribution in [0.2, 0.25) is 0 Å². The predicted molar refractivity (Wildman–Crippen MR) is 52.5 cm³/mol. The second-order valence-electron chi connectivity index (χ2n) is 3.25. The summed E-state index contributed by atoms with van der Waals surface area (Å²) in [5.74, 6) is 0.825. The average molecular weight is 189 g/mol. The molecule has 0 bridgehead atoms. The summed E-state index contributed by atoms with van der Waals surface area (Å²) in [5, 5.41) is 3.85. The van der Waals surface area contributed by atoms with Crippen LogP contribution < -0.4 is 4.57 Å². The van der Waals surface area contributed by atoms with Gasteiger partial charge in [-0.2, -0.15) is 0 Å². The van der Waals surface area contributed by atoms with Gasteiger partial charge in [-0.05, 0) is 13.8 Å². The van der Waals surface area contributed by atoms with Gasteiger partial charge in [0, 0.05) is 23.8 Å². The topological polar surface area (TPSA) is 29.9 Å². The molecule has 0 aromatic carbocycles. The Morgan fingerprint density at radius 2 is 2.07 bits per heavy atom. The highest BCUT2D eigenvalue weighted by atomic mass is 16.5. The van der Waals surface area contributed by atoms with Gasteiger partial charge in [0.25, 0.3) is 0 Å². The van der Waals surface area contributed by atoms with Crippen LogP contribution in [0.25, 0.3) is 11.3 Å². The highest BCUT2D eigenvalue weighted by Crippen LogP contribution is 2.17. The summed E-state index contributed by atoms with van der Waals surface area (Å²) in [6.45, 7) is 5.01. The summed E-state index contributed by atoms with van der Waals surface area (Å²) < 4.78 is 7.27. The molecule has 0 spiro atoms. The van der Waals surface area contributed by atoms with Gasteiger partial charge >= 0.3 is 0 Å². The van der Waals surface area contributed by atoms with Gasteiger partial charge in [-0.25, -0.2) is 4.57 Å². The van der Waals surface area contributed by atoms with Crippen LogP contribution in [-0.2, 0) is 6.54 Å². The molecule has 3 nitrogen and oxygen atoms in total. The minimum Gasteiger partial charge on any atom is -0.356 e. The Labute approximate surface area is 83.0 Å². The quantitative estimate of drug-likeness (QED) is 0.676. The number of rotatable bonds is 2. The molecule has 2 aromatic heterocycles. The molecule has 0 saturated heterocycles. The number of pyridine rings is 1. The van der Waals surface area contributed by atoms with Crippen molar-refractivity contribution in [2.45, 2.75) is 20.4 Å². The molecular formula is C11H13N2O+. The van der Waals surface area contributed by atoms with Crippen LogP contribution in [0.4, 0.5) is 0 Å². The number of hydrogen-bond acceptors (Lipinski definition) is 2. The largest absolute Gasteiger partial charge is 0.356 e. The van der Waals surface area contributed by atoms with Gasteiger partial charge in [0.15, 0.2) is 18.2 Å². The minimum absolute atomic E-state index is 0.825. The maximum atomic E-state index is 5.16. The minimum atomic E-state index is 0.825. The van der Waals surface area contributed by atoms with E-state index in [1.54, 1.807) is 0 Å². The maximum absolute atomic E-state index is 5.16. The molecule has 0 amide bonds. The third-order valence-corrected chi connectivity index (χ3v) is 2.17. The van der Waals surface area contributed by atoms with Gasteiger partial charge in [-0.3, -0.25) is 0 Å². The van der Waals surface area contributed by atoms with Crippen molar-refractivity contribution in [3.63, 3.8) is 0 Å². The Kier molecular flexibility index (Phi) is 2.31. The molecule has 0 aliphatic rings. The van der Waals surface area contributed by atoms with Crippen LogP contribution in [0.15, 0.2) is 35.1 Å². The lowest BCUT2D eigenvalue weighted by Crippen LogP contribution is -2.30. The van der Waals surface area contributed by atoms with Gasteiger partial charge in [0.1, 0.15) is 6.54 Å². The maximum Gasteiger partial charge on any atom is 0.169 e. The molecule has 0 N–H and O–H groups in total. The molecule has 0 radical (unpaired) electrons. The molecule has 0 fully saturated rings. The Morgan fingerprint density at radius 3 is 2.57 bits per heavy atom. The van der Waals surface area contributed by atoms with Crippen LogP contribution in [0.3, 0.4) is 0 Å². The standard InChI is InChI=1S/C11H13N2O/c1-3-13-6-4-10(5-7-13)11-8-9(2)12-14-11/h4-8H,3H2,1-2H3/q+1. The number of hydrogen-bond donors (Lipinski definition) is 0. The molecule has 3 heteroatoms. The zero-order valence-electron chi connectivity index (χ0n) is 8.40. The monoisotopic (exact) mass is 189 g/mol.